The maximum absolute atomic E-state index is 11.5. The lowest BCUT2D eigenvalue weighted by molar-refractivity contribution is -0.124. The van der Waals surface area contributed by atoms with Crippen LogP contribution in [0.15, 0.2) is 0 Å². The molecule has 1 heterocycles. The van der Waals surface area contributed by atoms with Crippen LogP contribution in [0.1, 0.15) is 19.8 Å². The average molecular weight is 196 g/mol. The lowest BCUT2D eigenvalue weighted by Crippen LogP contribution is -2.52. The molecule has 1 rings (SSSR count). The van der Waals surface area contributed by atoms with Gasteiger partial charge in [0.25, 0.3) is 0 Å². The second-order valence-corrected chi connectivity index (χ2v) is 3.87. The highest BCUT2D eigenvalue weighted by Crippen LogP contribution is 2.17. The third-order valence-electron chi connectivity index (χ3n) is 2.32. The predicted octanol–water partition coefficient (Wildman–Crippen LogP) is -0.368. The first-order valence-electron chi connectivity index (χ1n) is 4.66. The van der Waals surface area contributed by atoms with E-state index in [1.807, 2.05) is 6.92 Å². The number of amides is 1. The van der Waals surface area contributed by atoms with Crippen molar-refractivity contribution >= 4 is 5.91 Å². The van der Waals surface area contributed by atoms with Gasteiger partial charge in [-0.05, 0) is 13.3 Å². The summed E-state index contributed by atoms with van der Waals surface area (Å²) in [7, 11) is 0. The van der Waals surface area contributed by atoms with Crippen LogP contribution in [-0.2, 0) is 9.53 Å². The first-order valence-corrected chi connectivity index (χ1v) is 4.66. The van der Waals surface area contributed by atoms with E-state index in [1.165, 1.54) is 0 Å². The van der Waals surface area contributed by atoms with Crippen molar-refractivity contribution in [3.8, 4) is 12.3 Å². The summed E-state index contributed by atoms with van der Waals surface area (Å²) in [5, 5.41) is 2.86. The minimum atomic E-state index is -0.613. The first-order chi connectivity index (χ1) is 6.57. The second-order valence-electron chi connectivity index (χ2n) is 3.87. The molecule has 3 N–H and O–H groups in total. The van der Waals surface area contributed by atoms with Gasteiger partial charge in [-0.2, -0.15) is 0 Å². The van der Waals surface area contributed by atoms with Crippen molar-refractivity contribution in [3.63, 3.8) is 0 Å². The van der Waals surface area contributed by atoms with E-state index in [0.29, 0.717) is 13.2 Å². The Hall–Kier alpha value is -1.05. The van der Waals surface area contributed by atoms with E-state index >= 15 is 0 Å². The molecule has 1 aliphatic heterocycles. The Morgan fingerprint density at radius 3 is 3.07 bits per heavy atom. The Morgan fingerprint density at radius 1 is 1.86 bits per heavy atom. The molecule has 1 aliphatic rings. The van der Waals surface area contributed by atoms with E-state index in [1.54, 1.807) is 0 Å². The Labute approximate surface area is 84.2 Å². The zero-order valence-corrected chi connectivity index (χ0v) is 8.38. The van der Waals surface area contributed by atoms with Gasteiger partial charge in [-0.15, -0.1) is 12.3 Å². The summed E-state index contributed by atoms with van der Waals surface area (Å²) in [6.45, 7) is 3.17. The number of nitrogens with two attached hydrogens (primary N) is 1. The maximum atomic E-state index is 11.5. The van der Waals surface area contributed by atoms with Crippen molar-refractivity contribution in [3.05, 3.63) is 0 Å². The fourth-order valence-electron chi connectivity index (χ4n) is 1.38. The smallest absolute Gasteiger partial charge is 0.238 e. The van der Waals surface area contributed by atoms with Crippen molar-refractivity contribution in [2.75, 3.05) is 13.2 Å². The molecule has 14 heavy (non-hydrogen) atoms. The molecule has 2 unspecified atom stereocenters. The zero-order chi connectivity index (χ0) is 10.6. The number of rotatable bonds is 3. The summed E-state index contributed by atoms with van der Waals surface area (Å²) in [6, 6.07) is -0.613. The normalized spacial score (nSPS) is 28.1. The van der Waals surface area contributed by atoms with Gasteiger partial charge < -0.3 is 15.8 Å². The third-order valence-corrected chi connectivity index (χ3v) is 2.32. The van der Waals surface area contributed by atoms with Gasteiger partial charge in [0.1, 0.15) is 0 Å². The SMILES string of the molecule is C#CCC(N)C(=O)NC1(C)CCOC1. The van der Waals surface area contributed by atoms with Crippen molar-refractivity contribution < 1.29 is 9.53 Å². The van der Waals surface area contributed by atoms with E-state index in [9.17, 15) is 4.79 Å². The minimum absolute atomic E-state index is 0.198. The average Bonchev–Trinajstić information content (AvgIpc) is 2.52. The van der Waals surface area contributed by atoms with Gasteiger partial charge in [0.15, 0.2) is 0 Å². The summed E-state index contributed by atoms with van der Waals surface area (Å²) in [6.07, 6.45) is 6.16. The standard InChI is InChI=1S/C10H16N2O2/c1-3-4-8(11)9(13)12-10(2)5-6-14-7-10/h1,8H,4-7,11H2,2H3,(H,12,13). The number of ether oxygens (including phenoxy) is 1. The summed E-state index contributed by atoms with van der Waals surface area (Å²) in [5.74, 6) is 2.17. The third kappa shape index (κ3) is 2.72. The number of carbonyl (C=O) groups excluding carboxylic acids is 1. The topological polar surface area (TPSA) is 64.4 Å². The molecule has 2 atom stereocenters. The molecule has 0 aromatic heterocycles. The summed E-state index contributed by atoms with van der Waals surface area (Å²) in [5.41, 5.74) is 5.29. The van der Waals surface area contributed by atoms with Gasteiger partial charge in [-0.1, -0.05) is 0 Å². The van der Waals surface area contributed by atoms with Crippen LogP contribution in [0.2, 0.25) is 0 Å². The monoisotopic (exact) mass is 196 g/mol. The molecule has 1 saturated heterocycles. The van der Waals surface area contributed by atoms with Gasteiger partial charge >= 0.3 is 0 Å². The van der Waals surface area contributed by atoms with Crippen molar-refractivity contribution in [2.24, 2.45) is 5.73 Å². The lowest BCUT2D eigenvalue weighted by Gasteiger charge is -2.25. The number of nitrogens with one attached hydrogen (secondary N) is 1. The van der Waals surface area contributed by atoms with Crippen molar-refractivity contribution in [2.45, 2.75) is 31.3 Å². The number of carbonyl (C=O) groups is 1. The molecule has 0 aromatic carbocycles. The second kappa shape index (κ2) is 4.45. The number of terminal acetylenes is 1. The molecule has 4 nitrogen and oxygen atoms in total. The molecule has 0 aromatic rings. The quantitative estimate of drug-likeness (QED) is 0.605. The molecule has 0 radical (unpaired) electrons. The van der Waals surface area contributed by atoms with Crippen LogP contribution in [0, 0.1) is 12.3 Å². The van der Waals surface area contributed by atoms with E-state index in [-0.39, 0.29) is 17.9 Å². The molecule has 78 valence electrons. The van der Waals surface area contributed by atoms with E-state index in [2.05, 4.69) is 11.2 Å². The van der Waals surface area contributed by atoms with Crippen LogP contribution in [0.3, 0.4) is 0 Å². The van der Waals surface area contributed by atoms with Gasteiger partial charge in [0, 0.05) is 13.0 Å². The van der Waals surface area contributed by atoms with Gasteiger partial charge in [-0.25, -0.2) is 0 Å². The highest BCUT2D eigenvalue weighted by Gasteiger charge is 2.32. The van der Waals surface area contributed by atoms with Crippen LogP contribution in [0.25, 0.3) is 0 Å². The molecule has 1 amide bonds. The predicted molar refractivity (Wildman–Crippen MR) is 53.4 cm³/mol. The number of hydrogen-bond donors (Lipinski definition) is 2. The minimum Gasteiger partial charge on any atom is -0.379 e. The first kappa shape index (κ1) is 11.0. The van der Waals surface area contributed by atoms with Crippen molar-refractivity contribution in [1.29, 1.82) is 0 Å². The summed E-state index contributed by atoms with van der Waals surface area (Å²) >= 11 is 0. The van der Waals surface area contributed by atoms with Crippen LogP contribution in [0.4, 0.5) is 0 Å². The Kier molecular flexibility index (Phi) is 3.50. The van der Waals surface area contributed by atoms with Crippen molar-refractivity contribution in [1.82, 2.24) is 5.32 Å². The fourth-order valence-corrected chi connectivity index (χ4v) is 1.38. The molecule has 0 aliphatic carbocycles. The highest BCUT2D eigenvalue weighted by molar-refractivity contribution is 5.82. The largest absolute Gasteiger partial charge is 0.379 e. The Morgan fingerprint density at radius 2 is 2.57 bits per heavy atom. The van der Waals surface area contributed by atoms with Gasteiger partial charge in [-0.3, -0.25) is 4.79 Å². The number of hydrogen-bond acceptors (Lipinski definition) is 3. The van der Waals surface area contributed by atoms with E-state index in [0.717, 1.165) is 6.42 Å². The van der Waals surface area contributed by atoms with Crippen LogP contribution >= 0.6 is 0 Å². The van der Waals surface area contributed by atoms with Gasteiger partial charge in [0.05, 0.1) is 18.2 Å². The molecule has 0 saturated carbocycles. The van der Waals surface area contributed by atoms with Gasteiger partial charge in [0.2, 0.25) is 5.91 Å². The maximum Gasteiger partial charge on any atom is 0.238 e. The lowest BCUT2D eigenvalue weighted by atomic mass is 10.0. The molecular weight excluding hydrogens is 180 g/mol. The van der Waals surface area contributed by atoms with Crippen LogP contribution in [-0.4, -0.2) is 30.7 Å². The highest BCUT2D eigenvalue weighted by atomic mass is 16.5. The van der Waals surface area contributed by atoms with E-state index < -0.39 is 6.04 Å². The Bertz CT molecular complexity index is 251. The molecule has 1 fully saturated rings. The summed E-state index contributed by atoms with van der Waals surface area (Å²) < 4.78 is 5.20. The van der Waals surface area contributed by atoms with Crippen LogP contribution < -0.4 is 11.1 Å². The van der Waals surface area contributed by atoms with Crippen LogP contribution in [0.5, 0.6) is 0 Å². The molecular formula is C10H16N2O2. The molecule has 0 bridgehead atoms. The Balaban J connectivity index is 2.44. The summed E-state index contributed by atoms with van der Waals surface area (Å²) in [4.78, 5) is 11.5. The fraction of sp³-hybridized carbons (Fsp3) is 0.700. The van der Waals surface area contributed by atoms with E-state index in [4.69, 9.17) is 16.9 Å². The zero-order valence-electron chi connectivity index (χ0n) is 8.38. The molecule has 4 heteroatoms. The molecule has 0 spiro atoms.